The molecule has 0 bridgehead atoms. The first-order valence-electron chi connectivity index (χ1n) is 8.48. The minimum atomic E-state index is 0.325. The van der Waals surface area contributed by atoms with E-state index in [1.807, 2.05) is 12.4 Å². The standard InChI is InChI=1S/C18H31NO/c1-3-5-7-9-10-12-16-14-19-15-17(16)18(20)13-11-8-6-4-2/h14-15,19H,3-13H2,1-2H3. The quantitative estimate of drug-likeness (QED) is 0.387. The van der Waals surface area contributed by atoms with Crippen LogP contribution in [-0.4, -0.2) is 10.8 Å². The molecule has 0 aliphatic heterocycles. The highest BCUT2D eigenvalue weighted by molar-refractivity contribution is 5.97. The molecule has 0 unspecified atom stereocenters. The Kier molecular flexibility index (Phi) is 9.10. The second-order valence-corrected chi connectivity index (χ2v) is 5.79. The molecule has 0 spiro atoms. The van der Waals surface area contributed by atoms with Gasteiger partial charge in [0.2, 0.25) is 0 Å². The van der Waals surface area contributed by atoms with Gasteiger partial charge in [0, 0.05) is 24.4 Å². The molecular formula is C18H31NO. The van der Waals surface area contributed by atoms with Crippen LogP contribution in [0.3, 0.4) is 0 Å². The van der Waals surface area contributed by atoms with Gasteiger partial charge in [0.15, 0.2) is 5.78 Å². The summed E-state index contributed by atoms with van der Waals surface area (Å²) in [6.45, 7) is 4.44. The van der Waals surface area contributed by atoms with Gasteiger partial charge in [-0.2, -0.15) is 0 Å². The molecule has 114 valence electrons. The van der Waals surface area contributed by atoms with Crippen LogP contribution in [0.15, 0.2) is 12.4 Å². The number of Topliss-reactive ketones (excluding diaryl/α,β-unsaturated/α-hetero) is 1. The van der Waals surface area contributed by atoms with Crippen LogP contribution < -0.4 is 0 Å². The summed E-state index contributed by atoms with van der Waals surface area (Å²) in [4.78, 5) is 15.3. The van der Waals surface area contributed by atoms with Gasteiger partial charge in [-0.05, 0) is 24.8 Å². The Morgan fingerprint density at radius 1 is 0.900 bits per heavy atom. The van der Waals surface area contributed by atoms with Gasteiger partial charge in [0.05, 0.1) is 0 Å². The summed E-state index contributed by atoms with van der Waals surface area (Å²) >= 11 is 0. The molecular weight excluding hydrogens is 246 g/mol. The number of aromatic nitrogens is 1. The van der Waals surface area contributed by atoms with Crippen LogP contribution in [0.2, 0.25) is 0 Å². The van der Waals surface area contributed by atoms with Crippen molar-refractivity contribution in [2.45, 2.75) is 84.5 Å². The lowest BCUT2D eigenvalue weighted by Crippen LogP contribution is -2.01. The van der Waals surface area contributed by atoms with Crippen LogP contribution >= 0.6 is 0 Å². The second-order valence-electron chi connectivity index (χ2n) is 5.79. The van der Waals surface area contributed by atoms with E-state index in [0.29, 0.717) is 12.2 Å². The van der Waals surface area contributed by atoms with Crippen LogP contribution in [0.25, 0.3) is 0 Å². The molecule has 0 aromatic carbocycles. The Hall–Kier alpha value is -1.05. The zero-order valence-electron chi connectivity index (χ0n) is 13.3. The maximum Gasteiger partial charge on any atom is 0.164 e. The maximum absolute atomic E-state index is 12.2. The van der Waals surface area contributed by atoms with Gasteiger partial charge in [0.1, 0.15) is 0 Å². The van der Waals surface area contributed by atoms with Gasteiger partial charge in [-0.1, -0.05) is 58.8 Å². The smallest absolute Gasteiger partial charge is 0.164 e. The SMILES string of the molecule is CCCCCCCc1c[nH]cc1C(=O)CCCCCC. The maximum atomic E-state index is 12.2. The van der Waals surface area contributed by atoms with Crippen molar-refractivity contribution in [2.75, 3.05) is 0 Å². The Balaban J connectivity index is 2.31. The van der Waals surface area contributed by atoms with E-state index in [4.69, 9.17) is 0 Å². The summed E-state index contributed by atoms with van der Waals surface area (Å²) in [5.74, 6) is 0.325. The van der Waals surface area contributed by atoms with Crippen molar-refractivity contribution in [2.24, 2.45) is 0 Å². The number of ketones is 1. The van der Waals surface area contributed by atoms with Crippen molar-refractivity contribution < 1.29 is 4.79 Å². The van der Waals surface area contributed by atoms with Crippen molar-refractivity contribution in [3.63, 3.8) is 0 Å². The highest BCUT2D eigenvalue weighted by atomic mass is 16.1. The molecule has 0 aliphatic rings. The van der Waals surface area contributed by atoms with Crippen molar-refractivity contribution in [3.05, 3.63) is 23.5 Å². The van der Waals surface area contributed by atoms with E-state index < -0.39 is 0 Å². The van der Waals surface area contributed by atoms with Crippen molar-refractivity contribution in [3.8, 4) is 0 Å². The van der Waals surface area contributed by atoms with Gasteiger partial charge >= 0.3 is 0 Å². The number of nitrogens with one attached hydrogen (secondary N) is 1. The molecule has 1 heterocycles. The largest absolute Gasteiger partial charge is 0.367 e. The number of carbonyl (C=O) groups is 1. The minimum Gasteiger partial charge on any atom is -0.367 e. The predicted octanol–water partition coefficient (Wildman–Crippen LogP) is 5.68. The third-order valence-corrected chi connectivity index (χ3v) is 3.94. The van der Waals surface area contributed by atoms with E-state index in [2.05, 4.69) is 18.8 Å². The molecule has 1 rings (SSSR count). The summed E-state index contributed by atoms with van der Waals surface area (Å²) in [6.07, 6.45) is 16.8. The molecule has 0 saturated heterocycles. The van der Waals surface area contributed by atoms with Gasteiger partial charge in [0.25, 0.3) is 0 Å². The Labute approximate surface area is 124 Å². The van der Waals surface area contributed by atoms with Crippen LogP contribution in [0.4, 0.5) is 0 Å². The molecule has 0 aliphatic carbocycles. The molecule has 1 aromatic heterocycles. The average Bonchev–Trinajstić information content (AvgIpc) is 2.92. The fourth-order valence-corrected chi connectivity index (χ4v) is 2.63. The second kappa shape index (κ2) is 10.7. The van der Waals surface area contributed by atoms with Crippen LogP contribution in [-0.2, 0) is 6.42 Å². The summed E-state index contributed by atoms with van der Waals surface area (Å²) in [7, 11) is 0. The fraction of sp³-hybridized carbons (Fsp3) is 0.722. The van der Waals surface area contributed by atoms with Crippen LogP contribution in [0.1, 0.15) is 94.0 Å². The monoisotopic (exact) mass is 277 g/mol. The zero-order chi connectivity index (χ0) is 14.6. The molecule has 0 amide bonds. The van der Waals surface area contributed by atoms with Crippen molar-refractivity contribution >= 4 is 5.78 Å². The molecule has 2 nitrogen and oxygen atoms in total. The number of hydrogen-bond acceptors (Lipinski definition) is 1. The molecule has 20 heavy (non-hydrogen) atoms. The number of carbonyl (C=O) groups excluding carboxylic acids is 1. The lowest BCUT2D eigenvalue weighted by molar-refractivity contribution is 0.0978. The normalized spacial score (nSPS) is 10.9. The number of rotatable bonds is 12. The van der Waals surface area contributed by atoms with E-state index in [1.165, 1.54) is 56.9 Å². The Morgan fingerprint density at radius 2 is 1.55 bits per heavy atom. The van der Waals surface area contributed by atoms with Gasteiger partial charge < -0.3 is 4.98 Å². The third-order valence-electron chi connectivity index (χ3n) is 3.94. The van der Waals surface area contributed by atoms with Gasteiger partial charge in [-0.15, -0.1) is 0 Å². The minimum absolute atomic E-state index is 0.325. The van der Waals surface area contributed by atoms with E-state index >= 15 is 0 Å². The molecule has 0 atom stereocenters. The highest BCUT2D eigenvalue weighted by Gasteiger charge is 2.11. The number of aromatic amines is 1. The van der Waals surface area contributed by atoms with Gasteiger partial charge in [-0.3, -0.25) is 4.79 Å². The molecule has 1 aromatic rings. The fourth-order valence-electron chi connectivity index (χ4n) is 2.63. The number of hydrogen-bond donors (Lipinski definition) is 1. The van der Waals surface area contributed by atoms with E-state index in [-0.39, 0.29) is 0 Å². The topological polar surface area (TPSA) is 32.9 Å². The Morgan fingerprint density at radius 3 is 2.25 bits per heavy atom. The molecule has 2 heteroatoms. The third kappa shape index (κ3) is 6.40. The van der Waals surface area contributed by atoms with Crippen LogP contribution in [0.5, 0.6) is 0 Å². The first kappa shape index (κ1) is 17.0. The van der Waals surface area contributed by atoms with E-state index in [1.54, 1.807) is 0 Å². The molecule has 0 fully saturated rings. The summed E-state index contributed by atoms with van der Waals surface area (Å²) in [6, 6.07) is 0. The zero-order valence-corrected chi connectivity index (χ0v) is 13.3. The number of aryl methyl sites for hydroxylation is 1. The molecule has 1 N–H and O–H groups in total. The predicted molar refractivity (Wildman–Crippen MR) is 86.3 cm³/mol. The summed E-state index contributed by atoms with van der Waals surface area (Å²) in [5.41, 5.74) is 2.17. The molecule has 0 radical (unpaired) electrons. The van der Waals surface area contributed by atoms with Crippen LogP contribution in [0, 0.1) is 0 Å². The molecule has 0 saturated carbocycles. The number of H-pyrrole nitrogens is 1. The lowest BCUT2D eigenvalue weighted by Gasteiger charge is -2.04. The Bertz CT molecular complexity index is 367. The highest BCUT2D eigenvalue weighted by Crippen LogP contribution is 2.16. The lowest BCUT2D eigenvalue weighted by atomic mass is 9.99. The first-order valence-corrected chi connectivity index (χ1v) is 8.48. The average molecular weight is 277 g/mol. The number of unbranched alkanes of at least 4 members (excludes halogenated alkanes) is 7. The van der Waals surface area contributed by atoms with E-state index in [0.717, 1.165) is 18.4 Å². The summed E-state index contributed by atoms with van der Waals surface area (Å²) in [5, 5.41) is 0. The summed E-state index contributed by atoms with van der Waals surface area (Å²) < 4.78 is 0. The first-order chi connectivity index (χ1) is 9.79. The van der Waals surface area contributed by atoms with E-state index in [9.17, 15) is 4.79 Å². The van der Waals surface area contributed by atoms with Crippen molar-refractivity contribution in [1.82, 2.24) is 4.98 Å². The van der Waals surface area contributed by atoms with Gasteiger partial charge in [-0.25, -0.2) is 0 Å². The van der Waals surface area contributed by atoms with Crippen molar-refractivity contribution in [1.29, 1.82) is 0 Å².